The number of carbonyl (C=O) groups is 2. The van der Waals surface area contributed by atoms with E-state index < -0.39 is 45.8 Å². The number of nitrogen functional groups attached to an aromatic ring is 1. The molecule has 0 bridgehead atoms. The molecule has 3 aromatic rings. The number of Topliss-reactive ketones (excluding diaryl/α,β-unsaturated/α-hetero) is 1. The van der Waals surface area contributed by atoms with Crippen molar-refractivity contribution >= 4 is 33.3 Å². The Balaban J connectivity index is 1.55. The monoisotopic (exact) mass is 597 g/mol. The molecule has 0 radical (unpaired) electrons. The summed E-state index contributed by atoms with van der Waals surface area (Å²) in [5.41, 5.74) is 7.30. The predicted molar refractivity (Wildman–Crippen MR) is 158 cm³/mol. The van der Waals surface area contributed by atoms with Gasteiger partial charge in [0.25, 0.3) is 0 Å². The van der Waals surface area contributed by atoms with Gasteiger partial charge in [0.2, 0.25) is 10.0 Å². The van der Waals surface area contributed by atoms with Crippen LogP contribution in [-0.2, 0) is 26.0 Å². The van der Waals surface area contributed by atoms with Gasteiger partial charge in [-0.25, -0.2) is 17.6 Å². The zero-order chi connectivity index (χ0) is 30.4. The molecule has 3 N–H and O–H groups in total. The third-order valence-electron chi connectivity index (χ3n) is 7.12. The van der Waals surface area contributed by atoms with Crippen LogP contribution < -0.4 is 10.6 Å². The second-order valence-corrected chi connectivity index (χ2v) is 12.9. The van der Waals surface area contributed by atoms with Crippen LogP contribution in [0.4, 0.5) is 20.6 Å². The second-order valence-electron chi connectivity index (χ2n) is 10.9. The molecule has 0 saturated carbocycles. The second kappa shape index (κ2) is 13.5. The number of nitrogens with two attached hydrogens (primary N) is 1. The number of benzene rings is 3. The molecule has 11 heteroatoms. The highest BCUT2D eigenvalue weighted by atomic mass is 32.2. The summed E-state index contributed by atoms with van der Waals surface area (Å²) in [6.07, 6.45) is -2.97. The highest BCUT2D eigenvalue weighted by Crippen LogP contribution is 2.27. The van der Waals surface area contributed by atoms with Crippen molar-refractivity contribution < 1.29 is 32.2 Å². The number of aliphatic hydroxyl groups excluding tert-OH is 1. The van der Waals surface area contributed by atoms with Gasteiger partial charge in [-0.15, -0.1) is 0 Å². The Labute approximate surface area is 245 Å². The fourth-order valence-electron chi connectivity index (χ4n) is 4.96. The molecule has 1 fully saturated rings. The number of hydrogen-bond donors (Lipinski definition) is 2. The number of halogens is 1. The summed E-state index contributed by atoms with van der Waals surface area (Å²) in [7, 11) is -3.98. The molecule has 3 aromatic carbocycles. The summed E-state index contributed by atoms with van der Waals surface area (Å²) >= 11 is 0. The molecule has 224 valence electrons. The van der Waals surface area contributed by atoms with E-state index in [9.17, 15) is 27.5 Å². The van der Waals surface area contributed by atoms with Crippen LogP contribution in [0.1, 0.15) is 25.8 Å². The van der Waals surface area contributed by atoms with Crippen LogP contribution in [0.5, 0.6) is 0 Å². The Morgan fingerprint density at radius 3 is 2.40 bits per heavy atom. The standard InChI is InChI=1S/C31H36FN3O6S/c1-21(2)18-34(42(39,40)27-13-11-25(33)12-14-27)19-29(37)23(15-22-7-4-3-5-8-22)16-28(36)30-20-35(31(38)41-30)26-10-6-9-24(32)17-26/h3-14,17,21,23,29-30,37H,15-16,18-20,33H2,1-2H3/t23-,29-,30+/m1/s1. The molecule has 9 nitrogen and oxygen atoms in total. The molecule has 0 aliphatic carbocycles. The lowest BCUT2D eigenvalue weighted by atomic mass is 9.88. The van der Waals surface area contributed by atoms with E-state index >= 15 is 0 Å². The molecule has 1 heterocycles. The highest BCUT2D eigenvalue weighted by molar-refractivity contribution is 7.89. The van der Waals surface area contributed by atoms with Crippen LogP contribution >= 0.6 is 0 Å². The Morgan fingerprint density at radius 2 is 1.76 bits per heavy atom. The van der Waals surface area contributed by atoms with E-state index in [0.717, 1.165) is 5.56 Å². The van der Waals surface area contributed by atoms with Gasteiger partial charge in [0.05, 0.1) is 23.2 Å². The molecule has 3 atom stereocenters. The fraction of sp³-hybridized carbons (Fsp3) is 0.355. The minimum absolute atomic E-state index is 0.0401. The Kier molecular flexibility index (Phi) is 9.97. The van der Waals surface area contributed by atoms with Gasteiger partial charge in [-0.3, -0.25) is 9.69 Å². The van der Waals surface area contributed by atoms with E-state index in [1.165, 1.54) is 51.7 Å². The number of aliphatic hydroxyl groups is 1. The third kappa shape index (κ3) is 7.72. The molecule has 1 saturated heterocycles. The quantitative estimate of drug-likeness (QED) is 0.282. The van der Waals surface area contributed by atoms with Crippen molar-refractivity contribution in [3.63, 3.8) is 0 Å². The molecule has 0 aromatic heterocycles. The van der Waals surface area contributed by atoms with Crippen molar-refractivity contribution in [3.05, 3.63) is 90.2 Å². The Hall–Kier alpha value is -3.80. The molecule has 1 aliphatic heterocycles. The first-order valence-electron chi connectivity index (χ1n) is 13.8. The summed E-state index contributed by atoms with van der Waals surface area (Å²) in [4.78, 5) is 27.2. The zero-order valence-electron chi connectivity index (χ0n) is 23.6. The van der Waals surface area contributed by atoms with Crippen LogP contribution in [0.25, 0.3) is 0 Å². The highest BCUT2D eigenvalue weighted by Gasteiger charge is 2.39. The minimum atomic E-state index is -3.98. The fourth-order valence-corrected chi connectivity index (χ4v) is 6.58. The van der Waals surface area contributed by atoms with Gasteiger partial charge in [0.1, 0.15) is 5.82 Å². The van der Waals surface area contributed by atoms with Crippen molar-refractivity contribution in [1.29, 1.82) is 0 Å². The number of cyclic esters (lactones) is 1. The lowest BCUT2D eigenvalue weighted by molar-refractivity contribution is -0.127. The molecular formula is C31H36FN3O6S. The third-order valence-corrected chi connectivity index (χ3v) is 8.96. The Bertz CT molecular complexity index is 1480. The largest absolute Gasteiger partial charge is 0.436 e. The van der Waals surface area contributed by atoms with Gasteiger partial charge in [-0.1, -0.05) is 50.2 Å². The molecule has 4 rings (SSSR count). The summed E-state index contributed by atoms with van der Waals surface area (Å²) in [5.74, 6) is -1.67. The normalized spacial score (nSPS) is 17.0. The zero-order valence-corrected chi connectivity index (χ0v) is 24.4. The van der Waals surface area contributed by atoms with Gasteiger partial charge < -0.3 is 15.6 Å². The van der Waals surface area contributed by atoms with Gasteiger partial charge in [-0.2, -0.15) is 4.31 Å². The first kappa shape index (κ1) is 31.1. The maximum atomic E-state index is 13.7. The SMILES string of the molecule is CC(C)CN(C[C@@H](O)[C@@H](CC(=O)[C@@H]1CN(c2cccc(F)c2)C(=O)O1)Cc1ccccc1)S(=O)(=O)c1ccc(N)cc1. The molecule has 42 heavy (non-hydrogen) atoms. The molecule has 0 unspecified atom stereocenters. The summed E-state index contributed by atoms with van der Waals surface area (Å²) in [5, 5.41) is 11.5. The molecule has 1 aliphatic rings. The summed E-state index contributed by atoms with van der Waals surface area (Å²) in [6, 6.07) is 20.5. The predicted octanol–water partition coefficient (Wildman–Crippen LogP) is 4.26. The van der Waals surface area contributed by atoms with Crippen LogP contribution in [-0.4, -0.2) is 61.5 Å². The van der Waals surface area contributed by atoms with Crippen LogP contribution in [0.3, 0.4) is 0 Å². The maximum absolute atomic E-state index is 13.7. The number of amides is 1. The average molecular weight is 598 g/mol. The number of rotatable bonds is 13. The van der Waals surface area contributed by atoms with Crippen molar-refractivity contribution in [2.45, 2.75) is 43.8 Å². The number of ether oxygens (including phenoxy) is 1. The smallest absolute Gasteiger partial charge is 0.415 e. The molecule has 1 amide bonds. The van der Waals surface area contributed by atoms with Crippen molar-refractivity contribution in [3.8, 4) is 0 Å². The molecule has 0 spiro atoms. The lowest BCUT2D eigenvalue weighted by Gasteiger charge is -2.30. The van der Waals surface area contributed by atoms with E-state index in [1.54, 1.807) is 6.07 Å². The first-order valence-corrected chi connectivity index (χ1v) is 15.2. The van der Waals surface area contributed by atoms with Crippen molar-refractivity contribution in [1.82, 2.24) is 4.31 Å². The number of hydrogen-bond acceptors (Lipinski definition) is 7. The Morgan fingerprint density at radius 1 is 1.07 bits per heavy atom. The van der Waals surface area contributed by atoms with Gasteiger partial charge in [0, 0.05) is 25.2 Å². The van der Waals surface area contributed by atoms with Crippen molar-refractivity contribution in [2.75, 3.05) is 30.3 Å². The topological polar surface area (TPSA) is 130 Å². The van der Waals surface area contributed by atoms with Gasteiger partial charge in [-0.05, 0) is 66.3 Å². The lowest BCUT2D eigenvalue weighted by Crippen LogP contribution is -2.43. The number of anilines is 2. The first-order chi connectivity index (χ1) is 19.9. The van der Waals surface area contributed by atoms with E-state index in [4.69, 9.17) is 10.5 Å². The van der Waals surface area contributed by atoms with Crippen molar-refractivity contribution in [2.24, 2.45) is 11.8 Å². The molecular weight excluding hydrogens is 561 g/mol. The summed E-state index contributed by atoms with van der Waals surface area (Å²) < 4.78 is 47.5. The van der Waals surface area contributed by atoms with E-state index in [0.29, 0.717) is 12.1 Å². The van der Waals surface area contributed by atoms with Gasteiger partial charge in [0.15, 0.2) is 11.9 Å². The van der Waals surface area contributed by atoms with Crippen LogP contribution in [0.15, 0.2) is 83.8 Å². The van der Waals surface area contributed by atoms with E-state index in [2.05, 4.69) is 0 Å². The van der Waals surface area contributed by atoms with E-state index in [-0.39, 0.29) is 42.6 Å². The number of ketones is 1. The maximum Gasteiger partial charge on any atom is 0.415 e. The van der Waals surface area contributed by atoms with Crippen LogP contribution in [0.2, 0.25) is 0 Å². The number of nitrogens with zero attached hydrogens (tertiary/aromatic N) is 2. The number of carbonyl (C=O) groups excluding carboxylic acids is 2. The summed E-state index contributed by atoms with van der Waals surface area (Å²) in [6.45, 7) is 3.57. The average Bonchev–Trinajstić information content (AvgIpc) is 3.34. The minimum Gasteiger partial charge on any atom is -0.436 e. The van der Waals surface area contributed by atoms with Crippen LogP contribution in [0, 0.1) is 17.7 Å². The number of sulfonamides is 1. The van der Waals surface area contributed by atoms with Gasteiger partial charge >= 0.3 is 6.09 Å². The van der Waals surface area contributed by atoms with E-state index in [1.807, 2.05) is 44.2 Å².